The molecule has 0 aliphatic heterocycles. The van der Waals surface area contributed by atoms with E-state index in [1.54, 1.807) is 4.68 Å². The molecule has 0 fully saturated rings. The lowest BCUT2D eigenvalue weighted by Gasteiger charge is -2.08. The van der Waals surface area contributed by atoms with Crippen LogP contribution in [0, 0.1) is 13.8 Å². The van der Waals surface area contributed by atoms with Gasteiger partial charge >= 0.3 is 0 Å². The number of carbonyl (C=O) groups excluding carboxylic acids is 1. The topological polar surface area (TPSA) is 68.2 Å². The summed E-state index contributed by atoms with van der Waals surface area (Å²) in [7, 11) is 1.85. The van der Waals surface area contributed by atoms with Crippen LogP contribution < -0.4 is 15.4 Å². The average molecular weight is 254 g/mol. The van der Waals surface area contributed by atoms with Gasteiger partial charge in [-0.15, -0.1) is 0 Å². The molecule has 102 valence electrons. The highest BCUT2D eigenvalue weighted by Crippen LogP contribution is 2.20. The first-order chi connectivity index (χ1) is 8.56. The molecular weight excluding hydrogens is 232 g/mol. The molecule has 0 aliphatic rings. The minimum absolute atomic E-state index is 0.0273. The Balaban J connectivity index is 2.34. The number of likely N-dealkylation sites (N-methyl/N-ethyl adjacent to an activating group) is 1. The van der Waals surface area contributed by atoms with Crippen molar-refractivity contribution in [2.45, 2.75) is 20.8 Å². The highest BCUT2D eigenvalue weighted by Gasteiger charge is 2.12. The smallest absolute Gasteiger partial charge is 0.257 e. The zero-order valence-electron chi connectivity index (χ0n) is 11.5. The van der Waals surface area contributed by atoms with Gasteiger partial charge < -0.3 is 15.4 Å². The van der Waals surface area contributed by atoms with Crippen molar-refractivity contribution in [1.29, 1.82) is 0 Å². The summed E-state index contributed by atoms with van der Waals surface area (Å²) >= 11 is 0. The molecular formula is C12H22N4O2. The molecule has 1 amide bonds. The molecule has 0 saturated heterocycles. The van der Waals surface area contributed by atoms with Gasteiger partial charge in [-0.2, -0.15) is 5.10 Å². The molecule has 0 bridgehead atoms. The number of nitrogens with one attached hydrogen (secondary N) is 2. The number of amides is 1. The van der Waals surface area contributed by atoms with Crippen molar-refractivity contribution < 1.29 is 9.53 Å². The molecule has 0 aromatic carbocycles. The van der Waals surface area contributed by atoms with E-state index in [1.807, 2.05) is 27.8 Å². The van der Waals surface area contributed by atoms with E-state index in [-0.39, 0.29) is 12.5 Å². The molecule has 6 heteroatoms. The number of aryl methyl sites for hydroxylation is 2. The van der Waals surface area contributed by atoms with Gasteiger partial charge in [0.2, 0.25) is 0 Å². The second-order valence-corrected chi connectivity index (χ2v) is 4.12. The van der Waals surface area contributed by atoms with Gasteiger partial charge in [0, 0.05) is 20.1 Å². The van der Waals surface area contributed by atoms with Crippen molar-refractivity contribution >= 4 is 5.91 Å². The summed E-state index contributed by atoms with van der Waals surface area (Å²) in [4.78, 5) is 11.5. The highest BCUT2D eigenvalue weighted by molar-refractivity contribution is 5.77. The third-order valence-corrected chi connectivity index (χ3v) is 2.66. The van der Waals surface area contributed by atoms with Crippen molar-refractivity contribution in [3.8, 4) is 5.75 Å². The lowest BCUT2D eigenvalue weighted by atomic mass is 10.3. The van der Waals surface area contributed by atoms with Crippen LogP contribution >= 0.6 is 0 Å². The normalized spacial score (nSPS) is 10.4. The predicted octanol–water partition coefficient (Wildman–Crippen LogP) is 0.141. The molecule has 1 rings (SSSR count). The Kier molecular flexibility index (Phi) is 5.64. The largest absolute Gasteiger partial charge is 0.480 e. The van der Waals surface area contributed by atoms with Gasteiger partial charge in [0.15, 0.2) is 12.4 Å². The average Bonchev–Trinajstić information content (AvgIpc) is 2.57. The van der Waals surface area contributed by atoms with E-state index < -0.39 is 0 Å². The number of carbonyl (C=O) groups is 1. The van der Waals surface area contributed by atoms with Crippen LogP contribution in [-0.2, 0) is 11.8 Å². The zero-order chi connectivity index (χ0) is 13.5. The number of hydrogen-bond acceptors (Lipinski definition) is 4. The fourth-order valence-corrected chi connectivity index (χ4v) is 1.62. The second kappa shape index (κ2) is 7.00. The van der Waals surface area contributed by atoms with E-state index in [4.69, 9.17) is 4.74 Å². The summed E-state index contributed by atoms with van der Waals surface area (Å²) < 4.78 is 7.24. The molecule has 0 saturated carbocycles. The Bertz CT molecular complexity index is 401. The quantitative estimate of drug-likeness (QED) is 0.679. The van der Waals surface area contributed by atoms with Gasteiger partial charge in [0.25, 0.3) is 5.91 Å². The summed E-state index contributed by atoms with van der Waals surface area (Å²) in [5.74, 6) is 0.579. The van der Waals surface area contributed by atoms with E-state index in [1.165, 1.54) is 0 Å². The maximum atomic E-state index is 11.5. The minimum Gasteiger partial charge on any atom is -0.480 e. The molecule has 1 aromatic rings. The fourth-order valence-electron chi connectivity index (χ4n) is 1.62. The number of nitrogens with zero attached hydrogens (tertiary/aromatic N) is 2. The van der Waals surface area contributed by atoms with E-state index in [0.29, 0.717) is 12.3 Å². The van der Waals surface area contributed by atoms with Gasteiger partial charge in [0.05, 0.1) is 5.69 Å². The van der Waals surface area contributed by atoms with Crippen molar-refractivity contribution in [1.82, 2.24) is 20.4 Å². The molecule has 18 heavy (non-hydrogen) atoms. The molecule has 6 nitrogen and oxygen atoms in total. The highest BCUT2D eigenvalue weighted by atomic mass is 16.5. The number of aromatic nitrogens is 2. The van der Waals surface area contributed by atoms with Crippen molar-refractivity contribution in [3.05, 3.63) is 11.4 Å². The molecule has 0 unspecified atom stereocenters. The molecule has 0 aliphatic carbocycles. The summed E-state index contributed by atoms with van der Waals surface area (Å²) in [6.07, 6.45) is 0. The number of hydrogen-bond donors (Lipinski definition) is 2. The maximum absolute atomic E-state index is 11.5. The lowest BCUT2D eigenvalue weighted by molar-refractivity contribution is -0.123. The summed E-state index contributed by atoms with van der Waals surface area (Å²) in [5.41, 5.74) is 1.73. The predicted molar refractivity (Wildman–Crippen MR) is 69.7 cm³/mol. The Morgan fingerprint density at radius 1 is 1.39 bits per heavy atom. The first-order valence-corrected chi connectivity index (χ1v) is 6.16. The third-order valence-electron chi connectivity index (χ3n) is 2.66. The van der Waals surface area contributed by atoms with Crippen LogP contribution in [0.4, 0.5) is 0 Å². The summed E-state index contributed by atoms with van der Waals surface area (Å²) in [6, 6.07) is 0. The summed E-state index contributed by atoms with van der Waals surface area (Å²) in [5, 5.41) is 10.1. The van der Waals surface area contributed by atoms with Gasteiger partial charge in [-0.1, -0.05) is 6.92 Å². The van der Waals surface area contributed by atoms with Crippen LogP contribution in [0.5, 0.6) is 5.75 Å². The van der Waals surface area contributed by atoms with E-state index in [2.05, 4.69) is 15.7 Å². The monoisotopic (exact) mass is 254 g/mol. The fraction of sp³-hybridized carbons (Fsp3) is 0.667. The van der Waals surface area contributed by atoms with Gasteiger partial charge in [-0.25, -0.2) is 0 Å². The number of rotatable bonds is 7. The van der Waals surface area contributed by atoms with Crippen molar-refractivity contribution in [3.63, 3.8) is 0 Å². The second-order valence-electron chi connectivity index (χ2n) is 4.12. The third kappa shape index (κ3) is 4.03. The maximum Gasteiger partial charge on any atom is 0.257 e. The van der Waals surface area contributed by atoms with Crippen LogP contribution in [0.25, 0.3) is 0 Å². The molecule has 0 radical (unpaired) electrons. The van der Waals surface area contributed by atoms with E-state index >= 15 is 0 Å². The van der Waals surface area contributed by atoms with Gasteiger partial charge in [0.1, 0.15) is 5.69 Å². The Labute approximate surface area is 108 Å². The molecule has 1 aromatic heterocycles. The Morgan fingerprint density at radius 3 is 2.67 bits per heavy atom. The Morgan fingerprint density at radius 2 is 2.11 bits per heavy atom. The van der Waals surface area contributed by atoms with E-state index in [9.17, 15) is 4.79 Å². The van der Waals surface area contributed by atoms with E-state index in [0.717, 1.165) is 24.5 Å². The van der Waals surface area contributed by atoms with Crippen LogP contribution in [-0.4, -0.2) is 41.9 Å². The van der Waals surface area contributed by atoms with Crippen LogP contribution in [0.1, 0.15) is 18.3 Å². The first-order valence-electron chi connectivity index (χ1n) is 6.16. The standard InChI is InChI=1S/C12H22N4O2/c1-5-13-6-7-14-11(17)8-18-12-9(2)15-16(4)10(12)3/h13H,5-8H2,1-4H3,(H,14,17). The van der Waals surface area contributed by atoms with Gasteiger partial charge in [-0.3, -0.25) is 9.48 Å². The SMILES string of the molecule is CCNCCNC(=O)COc1c(C)nn(C)c1C. The van der Waals surface area contributed by atoms with Crippen LogP contribution in [0.2, 0.25) is 0 Å². The van der Waals surface area contributed by atoms with Gasteiger partial charge in [-0.05, 0) is 20.4 Å². The molecule has 1 heterocycles. The molecule has 2 N–H and O–H groups in total. The van der Waals surface area contributed by atoms with Crippen LogP contribution in [0.3, 0.4) is 0 Å². The summed E-state index contributed by atoms with van der Waals surface area (Å²) in [6.45, 7) is 8.12. The molecule has 0 spiro atoms. The first kappa shape index (κ1) is 14.5. The minimum atomic E-state index is -0.115. The van der Waals surface area contributed by atoms with Crippen molar-refractivity contribution in [2.75, 3.05) is 26.2 Å². The zero-order valence-corrected chi connectivity index (χ0v) is 11.5. The van der Waals surface area contributed by atoms with Crippen LogP contribution in [0.15, 0.2) is 0 Å². The number of ether oxygens (including phenoxy) is 1. The van der Waals surface area contributed by atoms with Crippen molar-refractivity contribution in [2.24, 2.45) is 7.05 Å². The lowest BCUT2D eigenvalue weighted by Crippen LogP contribution is -2.34. The Hall–Kier alpha value is -1.56. The molecule has 0 atom stereocenters.